The van der Waals surface area contributed by atoms with Gasteiger partial charge in [-0.2, -0.15) is 10.4 Å². The quantitative estimate of drug-likeness (QED) is 0.230. The van der Waals surface area contributed by atoms with Gasteiger partial charge in [0.2, 0.25) is 0 Å². The van der Waals surface area contributed by atoms with Crippen LogP contribution < -0.4 is 10.6 Å². The van der Waals surface area contributed by atoms with E-state index in [0.29, 0.717) is 22.9 Å². The number of hydrogen-bond acceptors (Lipinski definition) is 8. The molecule has 2 aromatic rings. The molecule has 2 aromatic carbocycles. The summed E-state index contributed by atoms with van der Waals surface area (Å²) in [5.41, 5.74) is 5.82. The number of aliphatic hydroxyl groups is 2. The lowest BCUT2D eigenvalue weighted by molar-refractivity contribution is 0.0650. The number of ether oxygens (including phenoxy) is 1. The lowest BCUT2D eigenvalue weighted by Gasteiger charge is -2.34. The van der Waals surface area contributed by atoms with E-state index in [0.717, 1.165) is 34.6 Å². The Labute approximate surface area is 205 Å². The summed E-state index contributed by atoms with van der Waals surface area (Å²) in [6.45, 7) is 11.6. The fourth-order valence-electron chi connectivity index (χ4n) is 4.20. The molecule has 0 aromatic heterocycles. The van der Waals surface area contributed by atoms with Gasteiger partial charge in [0, 0.05) is 23.6 Å². The van der Waals surface area contributed by atoms with Crippen LogP contribution in [-0.4, -0.2) is 52.1 Å². The maximum Gasteiger partial charge on any atom is 0.137 e. The number of fused-ring (bicyclic) bond motifs is 1. The molecule has 0 saturated carbocycles. The van der Waals surface area contributed by atoms with Crippen molar-refractivity contribution in [2.24, 2.45) is 10.9 Å². The highest BCUT2D eigenvalue weighted by atomic mass is 32.2. The van der Waals surface area contributed by atoms with Gasteiger partial charge in [0.1, 0.15) is 16.9 Å². The molecule has 8 heteroatoms. The van der Waals surface area contributed by atoms with Crippen molar-refractivity contribution < 1.29 is 14.9 Å². The van der Waals surface area contributed by atoms with Gasteiger partial charge in [-0.25, -0.2) is 0 Å². The molecule has 3 rings (SSSR count). The van der Waals surface area contributed by atoms with E-state index in [9.17, 15) is 15.5 Å². The number of nitrogens with two attached hydrogens (primary N) is 1. The Hall–Kier alpha value is -2.83. The van der Waals surface area contributed by atoms with E-state index in [-0.39, 0.29) is 25.4 Å². The van der Waals surface area contributed by atoms with Crippen LogP contribution in [0.2, 0.25) is 0 Å². The van der Waals surface area contributed by atoms with Crippen LogP contribution in [0.25, 0.3) is 4.91 Å². The van der Waals surface area contributed by atoms with Gasteiger partial charge in [0.05, 0.1) is 30.9 Å². The average molecular weight is 481 g/mol. The molecule has 0 spiro atoms. The van der Waals surface area contributed by atoms with Crippen molar-refractivity contribution >= 4 is 21.7 Å². The second-order valence-electron chi connectivity index (χ2n) is 8.56. The van der Waals surface area contributed by atoms with Crippen molar-refractivity contribution in [1.82, 2.24) is 4.90 Å². The molecule has 1 heterocycles. The Morgan fingerprint density at radius 2 is 2.03 bits per heavy atom. The first kappa shape index (κ1) is 25.8. The summed E-state index contributed by atoms with van der Waals surface area (Å²) in [4.78, 5) is 2.93. The number of thioether (sulfide) groups is 1. The maximum atomic E-state index is 9.55. The summed E-state index contributed by atoms with van der Waals surface area (Å²) in [5.74, 6) is 6.26. The van der Waals surface area contributed by atoms with Crippen molar-refractivity contribution in [1.29, 1.82) is 5.26 Å². The number of benzene rings is 2. The minimum absolute atomic E-state index is 0.0352. The zero-order chi connectivity index (χ0) is 24.8. The van der Waals surface area contributed by atoms with Crippen molar-refractivity contribution in [3.05, 3.63) is 70.3 Å². The van der Waals surface area contributed by atoms with Crippen LogP contribution in [0.3, 0.4) is 0 Å². The van der Waals surface area contributed by atoms with Crippen LogP contribution in [0.15, 0.2) is 42.0 Å². The third-order valence-electron chi connectivity index (χ3n) is 6.00. The molecule has 7 nitrogen and oxygen atoms in total. The first-order valence-electron chi connectivity index (χ1n) is 11.3. The Balaban J connectivity index is 1.81. The van der Waals surface area contributed by atoms with Crippen molar-refractivity contribution in [2.45, 2.75) is 45.9 Å². The van der Waals surface area contributed by atoms with E-state index in [4.69, 9.17) is 10.6 Å². The third-order valence-corrected chi connectivity index (χ3v) is 7.00. The molecular formula is C26H32N4O3S. The summed E-state index contributed by atoms with van der Waals surface area (Å²) >= 11 is 1.37. The second kappa shape index (κ2) is 11.5. The monoisotopic (exact) mass is 480 g/mol. The van der Waals surface area contributed by atoms with Gasteiger partial charge in [-0.3, -0.25) is 4.90 Å². The fraction of sp³-hybridized carbons (Fsp3) is 0.385. The summed E-state index contributed by atoms with van der Waals surface area (Å²) in [6.07, 6.45) is 0.802. The highest BCUT2D eigenvalue weighted by molar-refractivity contribution is 8.22. The van der Waals surface area contributed by atoms with Crippen LogP contribution in [0.4, 0.5) is 0 Å². The van der Waals surface area contributed by atoms with Crippen LogP contribution in [0.1, 0.15) is 47.2 Å². The molecule has 1 aliphatic rings. The van der Waals surface area contributed by atoms with Gasteiger partial charge in [-0.1, -0.05) is 30.5 Å². The number of hydrogen-bond donors (Lipinski definition) is 3. The van der Waals surface area contributed by atoms with Gasteiger partial charge in [-0.05, 0) is 67.6 Å². The number of hydrazone groups is 1. The first-order valence-corrected chi connectivity index (χ1v) is 12.1. The summed E-state index contributed by atoms with van der Waals surface area (Å²) in [6, 6.07) is 11.4. The van der Waals surface area contributed by atoms with Crippen LogP contribution in [0.5, 0.6) is 5.75 Å². The first-order chi connectivity index (χ1) is 16.3. The minimum atomic E-state index is -0.238. The number of rotatable bonds is 8. The molecule has 0 atom stereocenters. The number of aliphatic hydroxyl groups excluding tert-OH is 2. The standard InChI is InChI=1S/C26H32N4O3S/c1-16(2)33-25-8-6-19(11-21(25)12-27)26(29-28)34-18(4)23-7-5-20-13-30(22(14-31)15-32)10-9-24(20)17(23)3/h5-8,11,16,22,31-32H,4,9-10,13-15,28H2,1-3H3/b29-26-. The van der Waals surface area contributed by atoms with Gasteiger partial charge in [0.25, 0.3) is 0 Å². The molecule has 0 aliphatic carbocycles. The molecule has 0 unspecified atom stereocenters. The minimum Gasteiger partial charge on any atom is -0.490 e. The van der Waals surface area contributed by atoms with E-state index >= 15 is 0 Å². The summed E-state index contributed by atoms with van der Waals surface area (Å²) in [5, 5.41) is 33.1. The molecule has 1 aliphatic heterocycles. The highest BCUT2D eigenvalue weighted by Gasteiger charge is 2.25. The predicted octanol–water partition coefficient (Wildman–Crippen LogP) is 3.39. The smallest absolute Gasteiger partial charge is 0.137 e. The maximum absolute atomic E-state index is 9.55. The zero-order valence-corrected chi connectivity index (χ0v) is 20.7. The Morgan fingerprint density at radius 3 is 2.65 bits per heavy atom. The third kappa shape index (κ3) is 5.62. The Bertz CT molecular complexity index is 1120. The van der Waals surface area contributed by atoms with Crippen LogP contribution in [-0.2, 0) is 13.0 Å². The van der Waals surface area contributed by atoms with E-state index in [1.165, 1.54) is 22.9 Å². The molecule has 34 heavy (non-hydrogen) atoms. The van der Waals surface area contributed by atoms with Gasteiger partial charge >= 0.3 is 0 Å². The molecule has 0 fully saturated rings. The lowest BCUT2D eigenvalue weighted by Crippen LogP contribution is -2.43. The SMILES string of the molecule is C=C(S/C(=N\N)c1ccc(OC(C)C)c(C#N)c1)c1ccc2c(c1C)CCN(C(CO)CO)C2. The molecule has 0 radical (unpaired) electrons. The number of nitrogens with zero attached hydrogens (tertiary/aromatic N) is 3. The second-order valence-corrected chi connectivity index (χ2v) is 9.65. The predicted molar refractivity (Wildman–Crippen MR) is 138 cm³/mol. The van der Waals surface area contributed by atoms with E-state index in [1.54, 1.807) is 12.1 Å². The van der Waals surface area contributed by atoms with Crippen molar-refractivity contribution in [3.8, 4) is 11.8 Å². The van der Waals surface area contributed by atoms with Gasteiger partial charge in [-0.15, -0.1) is 0 Å². The van der Waals surface area contributed by atoms with E-state index < -0.39 is 0 Å². The zero-order valence-electron chi connectivity index (χ0n) is 19.9. The van der Waals surface area contributed by atoms with E-state index in [2.05, 4.69) is 35.6 Å². The Morgan fingerprint density at radius 1 is 1.29 bits per heavy atom. The molecule has 0 amide bonds. The van der Waals surface area contributed by atoms with Crippen LogP contribution in [0, 0.1) is 18.3 Å². The topological polar surface area (TPSA) is 115 Å². The normalized spacial score (nSPS) is 14.2. The molecule has 180 valence electrons. The number of nitriles is 1. The van der Waals surface area contributed by atoms with Crippen molar-refractivity contribution in [3.63, 3.8) is 0 Å². The summed E-state index contributed by atoms with van der Waals surface area (Å²) < 4.78 is 5.71. The lowest BCUT2D eigenvalue weighted by atomic mass is 9.91. The van der Waals surface area contributed by atoms with Gasteiger partial charge in [0.15, 0.2) is 0 Å². The Kier molecular flexibility index (Phi) is 8.75. The van der Waals surface area contributed by atoms with Gasteiger partial charge < -0.3 is 20.8 Å². The molecule has 0 bridgehead atoms. The summed E-state index contributed by atoms with van der Waals surface area (Å²) in [7, 11) is 0. The average Bonchev–Trinajstić information content (AvgIpc) is 2.83. The van der Waals surface area contributed by atoms with Crippen LogP contribution >= 0.6 is 11.8 Å². The molecule has 0 saturated heterocycles. The largest absolute Gasteiger partial charge is 0.490 e. The van der Waals surface area contributed by atoms with Crippen molar-refractivity contribution in [2.75, 3.05) is 19.8 Å². The molecular weight excluding hydrogens is 448 g/mol. The fourth-order valence-corrected chi connectivity index (χ4v) is 5.07. The van der Waals surface area contributed by atoms with E-state index in [1.807, 2.05) is 26.0 Å². The highest BCUT2D eigenvalue weighted by Crippen LogP contribution is 2.36. The molecule has 4 N–H and O–H groups in total.